The summed E-state index contributed by atoms with van der Waals surface area (Å²) in [6.45, 7) is -1.10. The third kappa shape index (κ3) is 9.16. The minimum absolute atomic E-state index is 0.0331. The molecule has 0 aromatic heterocycles. The molecule has 0 unspecified atom stereocenters. The van der Waals surface area contributed by atoms with Crippen LogP contribution in [0.4, 0.5) is 0 Å². The number of aliphatic hydroxyl groups is 1. The van der Waals surface area contributed by atoms with Crippen molar-refractivity contribution < 1.29 is 43.3 Å². The van der Waals surface area contributed by atoms with Gasteiger partial charge in [0.1, 0.15) is 19.3 Å². The van der Waals surface area contributed by atoms with Crippen LogP contribution >= 0.6 is 0 Å². The number of aryl methyl sites for hydroxylation is 1. The van der Waals surface area contributed by atoms with Gasteiger partial charge in [0.05, 0.1) is 25.0 Å². The fourth-order valence-corrected chi connectivity index (χ4v) is 5.09. The highest BCUT2D eigenvalue weighted by Gasteiger charge is 2.41. The molecule has 4 rings (SSSR count). The Morgan fingerprint density at radius 2 is 1.55 bits per heavy atom. The fraction of sp³-hybridized carbons (Fsp3) is 0.375. The Morgan fingerprint density at radius 3 is 2.18 bits per heavy atom. The smallest absolute Gasteiger partial charge is 0.320 e. The number of likely N-dealkylation sites (tertiary alicyclic amines) is 1. The summed E-state index contributed by atoms with van der Waals surface area (Å²) in [6.07, 6.45) is 2.00. The number of ketones is 1. The lowest BCUT2D eigenvalue weighted by Gasteiger charge is -2.25. The van der Waals surface area contributed by atoms with E-state index in [2.05, 4.69) is 5.32 Å². The lowest BCUT2D eigenvalue weighted by atomic mass is 10.0. The fourth-order valence-electron chi connectivity index (χ4n) is 5.09. The van der Waals surface area contributed by atoms with E-state index in [-0.39, 0.29) is 45.5 Å². The number of benzene rings is 2. The summed E-state index contributed by atoms with van der Waals surface area (Å²) in [6, 6.07) is 16.6. The van der Waals surface area contributed by atoms with Crippen LogP contribution in [0.2, 0.25) is 0 Å². The maximum Gasteiger partial charge on any atom is 0.320 e. The first-order chi connectivity index (χ1) is 21.2. The SMILES string of the molecule is O=C(CN1C[C@H](OC(=O)CCN2C(=O)C=CC2=O)C[C@H]1C(=O)N[C@@H](CCc1ccccc1)C(=O)CO)OCc1ccccc1. The third-order valence-electron chi connectivity index (χ3n) is 7.41. The van der Waals surface area contributed by atoms with Crippen molar-refractivity contribution in [3.63, 3.8) is 0 Å². The Balaban J connectivity index is 1.39. The number of carbonyl (C=O) groups is 6. The van der Waals surface area contributed by atoms with Gasteiger partial charge in [-0.2, -0.15) is 0 Å². The second-order valence-corrected chi connectivity index (χ2v) is 10.6. The van der Waals surface area contributed by atoms with E-state index >= 15 is 0 Å². The molecule has 2 heterocycles. The minimum Gasteiger partial charge on any atom is -0.461 e. The van der Waals surface area contributed by atoms with E-state index in [9.17, 15) is 33.9 Å². The van der Waals surface area contributed by atoms with Crippen LogP contribution in [0.3, 0.4) is 0 Å². The van der Waals surface area contributed by atoms with Crippen molar-refractivity contribution >= 4 is 35.4 Å². The molecule has 2 N–H and O–H groups in total. The van der Waals surface area contributed by atoms with Gasteiger partial charge < -0.3 is 19.9 Å². The molecule has 12 heteroatoms. The predicted octanol–water partition coefficient (Wildman–Crippen LogP) is 0.710. The highest BCUT2D eigenvalue weighted by atomic mass is 16.5. The molecule has 44 heavy (non-hydrogen) atoms. The average molecular weight is 606 g/mol. The summed E-state index contributed by atoms with van der Waals surface area (Å²) < 4.78 is 10.9. The third-order valence-corrected chi connectivity index (χ3v) is 7.41. The zero-order valence-corrected chi connectivity index (χ0v) is 24.1. The second kappa shape index (κ2) is 15.7. The van der Waals surface area contributed by atoms with Gasteiger partial charge in [-0.25, -0.2) is 0 Å². The Morgan fingerprint density at radius 1 is 0.909 bits per heavy atom. The molecule has 0 radical (unpaired) electrons. The number of esters is 2. The average Bonchev–Trinajstić information content (AvgIpc) is 3.58. The molecule has 12 nitrogen and oxygen atoms in total. The summed E-state index contributed by atoms with van der Waals surface area (Å²) in [5.41, 5.74) is 1.75. The molecule has 2 aliphatic rings. The molecule has 0 aliphatic carbocycles. The number of hydrogen-bond acceptors (Lipinski definition) is 10. The molecule has 3 atom stereocenters. The van der Waals surface area contributed by atoms with E-state index < -0.39 is 60.2 Å². The van der Waals surface area contributed by atoms with Crippen molar-refractivity contribution in [1.29, 1.82) is 0 Å². The Bertz CT molecular complexity index is 1360. The first-order valence-corrected chi connectivity index (χ1v) is 14.4. The van der Waals surface area contributed by atoms with Gasteiger partial charge in [0, 0.05) is 31.7 Å². The normalized spacial score (nSPS) is 18.7. The number of aliphatic hydroxyl groups excluding tert-OH is 1. The topological polar surface area (TPSA) is 160 Å². The van der Waals surface area contributed by atoms with Crippen LogP contribution in [0.15, 0.2) is 72.8 Å². The molecule has 0 spiro atoms. The number of imide groups is 1. The van der Waals surface area contributed by atoms with Gasteiger partial charge in [0.2, 0.25) is 5.91 Å². The second-order valence-electron chi connectivity index (χ2n) is 10.6. The summed E-state index contributed by atoms with van der Waals surface area (Å²) in [5.74, 6) is -3.40. The monoisotopic (exact) mass is 605 g/mol. The molecule has 1 saturated heterocycles. The molecule has 0 bridgehead atoms. The Hall–Kier alpha value is -4.68. The summed E-state index contributed by atoms with van der Waals surface area (Å²) in [5, 5.41) is 12.2. The van der Waals surface area contributed by atoms with Crippen LogP contribution in [-0.4, -0.2) is 94.8 Å². The van der Waals surface area contributed by atoms with Gasteiger partial charge in [-0.3, -0.25) is 38.6 Å². The summed E-state index contributed by atoms with van der Waals surface area (Å²) in [4.78, 5) is 77.3. The van der Waals surface area contributed by atoms with Gasteiger partial charge in [-0.05, 0) is 24.0 Å². The highest BCUT2D eigenvalue weighted by Crippen LogP contribution is 2.22. The van der Waals surface area contributed by atoms with Crippen molar-refractivity contribution in [2.75, 3.05) is 26.2 Å². The number of ether oxygens (including phenoxy) is 2. The Kier molecular flexibility index (Phi) is 11.5. The van der Waals surface area contributed by atoms with Gasteiger partial charge in [-0.15, -0.1) is 0 Å². The maximum absolute atomic E-state index is 13.5. The highest BCUT2D eigenvalue weighted by molar-refractivity contribution is 6.13. The molecular formula is C32H35N3O9. The van der Waals surface area contributed by atoms with Crippen LogP contribution in [0, 0.1) is 0 Å². The van der Waals surface area contributed by atoms with Crippen molar-refractivity contribution in [1.82, 2.24) is 15.1 Å². The van der Waals surface area contributed by atoms with Crippen LogP contribution in [0.5, 0.6) is 0 Å². The minimum atomic E-state index is -0.967. The Labute approximate surface area is 254 Å². The number of hydrogen-bond donors (Lipinski definition) is 2. The molecule has 0 saturated carbocycles. The molecule has 232 valence electrons. The van der Waals surface area contributed by atoms with E-state index in [1.54, 1.807) is 0 Å². The van der Waals surface area contributed by atoms with Gasteiger partial charge in [0.15, 0.2) is 5.78 Å². The number of rotatable bonds is 15. The van der Waals surface area contributed by atoms with E-state index in [4.69, 9.17) is 9.47 Å². The van der Waals surface area contributed by atoms with Crippen molar-refractivity contribution in [2.24, 2.45) is 0 Å². The molecule has 3 amide bonds. The van der Waals surface area contributed by atoms with Gasteiger partial charge in [0.25, 0.3) is 11.8 Å². The maximum atomic E-state index is 13.5. The van der Waals surface area contributed by atoms with Gasteiger partial charge in [-0.1, -0.05) is 60.7 Å². The van der Waals surface area contributed by atoms with E-state index in [1.807, 2.05) is 60.7 Å². The number of amides is 3. The number of nitrogens with zero attached hydrogens (tertiary/aromatic N) is 2. The van der Waals surface area contributed by atoms with Crippen LogP contribution < -0.4 is 5.32 Å². The van der Waals surface area contributed by atoms with Crippen molar-refractivity contribution in [3.05, 3.63) is 83.9 Å². The predicted molar refractivity (Wildman–Crippen MR) is 155 cm³/mol. The zero-order chi connectivity index (χ0) is 31.5. The quantitative estimate of drug-likeness (QED) is 0.219. The lowest BCUT2D eigenvalue weighted by molar-refractivity contribution is -0.149. The number of nitrogens with one attached hydrogen (secondary N) is 1. The van der Waals surface area contributed by atoms with Crippen molar-refractivity contribution in [2.45, 2.75) is 50.5 Å². The molecular weight excluding hydrogens is 570 g/mol. The molecule has 2 aliphatic heterocycles. The summed E-state index contributed by atoms with van der Waals surface area (Å²) >= 11 is 0. The first-order valence-electron chi connectivity index (χ1n) is 14.4. The molecule has 2 aromatic rings. The standard InChI is InChI=1S/C32H35N3O9/c36-20-27(37)25(12-11-22-7-3-1-4-8-22)33-32(42)26-17-24(44-30(40)15-16-35-28(38)13-14-29(35)39)18-34(26)19-31(41)43-21-23-9-5-2-6-10-23/h1-10,13-14,24-26,36H,11-12,15-21H2,(H,33,42)/t24-,25+,26+/m1/s1. The van der Waals surface area contributed by atoms with Crippen LogP contribution in [0.25, 0.3) is 0 Å². The summed E-state index contributed by atoms with van der Waals surface area (Å²) in [7, 11) is 0. The van der Waals surface area contributed by atoms with E-state index in [0.717, 1.165) is 28.2 Å². The number of Topliss-reactive ketones (excluding diaryl/α,β-unsaturated/α-hetero) is 1. The van der Waals surface area contributed by atoms with E-state index in [1.165, 1.54) is 4.90 Å². The first kappa shape index (κ1) is 32.2. The van der Waals surface area contributed by atoms with E-state index in [0.29, 0.717) is 6.42 Å². The lowest BCUT2D eigenvalue weighted by Crippen LogP contribution is -2.51. The van der Waals surface area contributed by atoms with Gasteiger partial charge >= 0.3 is 11.9 Å². The molecule has 1 fully saturated rings. The van der Waals surface area contributed by atoms with Crippen LogP contribution in [-0.2, 0) is 51.3 Å². The zero-order valence-electron chi connectivity index (χ0n) is 24.1. The largest absolute Gasteiger partial charge is 0.461 e. The molecule has 2 aromatic carbocycles. The number of carbonyl (C=O) groups excluding carboxylic acids is 6. The van der Waals surface area contributed by atoms with Crippen molar-refractivity contribution in [3.8, 4) is 0 Å². The van der Waals surface area contributed by atoms with Crippen LogP contribution in [0.1, 0.15) is 30.4 Å².